The van der Waals surface area contributed by atoms with Crippen molar-refractivity contribution in [1.82, 2.24) is 0 Å². The summed E-state index contributed by atoms with van der Waals surface area (Å²) in [4.78, 5) is 0. The normalized spacial score (nSPS) is 27.9. The summed E-state index contributed by atoms with van der Waals surface area (Å²) < 4.78 is 0. The molecule has 2 aliphatic rings. The van der Waals surface area contributed by atoms with Crippen LogP contribution in [-0.2, 0) is 10.8 Å². The summed E-state index contributed by atoms with van der Waals surface area (Å²) in [5.41, 5.74) is 3.64. The van der Waals surface area contributed by atoms with Crippen molar-refractivity contribution in [3.63, 3.8) is 0 Å². The molecule has 0 radical (unpaired) electrons. The predicted molar refractivity (Wildman–Crippen MR) is 138 cm³/mol. The summed E-state index contributed by atoms with van der Waals surface area (Å²) in [5, 5.41) is 44.2. The van der Waals surface area contributed by atoms with Gasteiger partial charge in [0.2, 0.25) is 0 Å². The van der Waals surface area contributed by atoms with Crippen molar-refractivity contribution in [3.8, 4) is 34.1 Å². The first-order valence-corrected chi connectivity index (χ1v) is 12.7. The lowest BCUT2D eigenvalue weighted by molar-refractivity contribution is 0.217. The van der Waals surface area contributed by atoms with E-state index in [0.29, 0.717) is 11.1 Å². The van der Waals surface area contributed by atoms with E-state index in [2.05, 4.69) is 41.5 Å². The van der Waals surface area contributed by atoms with E-state index in [1.54, 1.807) is 13.8 Å². The lowest BCUT2D eigenvalue weighted by atomic mass is 9.63. The Labute approximate surface area is 204 Å². The molecule has 2 saturated carbocycles. The van der Waals surface area contributed by atoms with Gasteiger partial charge in [-0.2, -0.15) is 0 Å². The lowest BCUT2D eigenvalue weighted by Gasteiger charge is -2.40. The number of aromatic hydroxyl groups is 4. The summed E-state index contributed by atoms with van der Waals surface area (Å²) in [5.74, 6) is -0.276. The minimum atomic E-state index is -0.286. The molecule has 0 aromatic heterocycles. The summed E-state index contributed by atoms with van der Waals surface area (Å²) >= 11 is 0. The quantitative estimate of drug-likeness (QED) is 0.349. The van der Waals surface area contributed by atoms with Crippen LogP contribution in [0.4, 0.5) is 0 Å². The summed E-state index contributed by atoms with van der Waals surface area (Å²) in [6.07, 6.45) is 6.14. The van der Waals surface area contributed by atoms with Gasteiger partial charge in [-0.15, -0.1) is 0 Å². The average molecular weight is 467 g/mol. The molecule has 0 bridgehead atoms. The first-order chi connectivity index (χ1) is 15.6. The molecule has 4 rings (SSSR count). The molecule has 2 atom stereocenters. The predicted octanol–water partition coefficient (Wildman–Crippen LogP) is 7.73. The number of benzene rings is 2. The average Bonchev–Trinajstić information content (AvgIpc) is 3.19. The zero-order chi connectivity index (χ0) is 25.4. The van der Waals surface area contributed by atoms with E-state index >= 15 is 0 Å². The highest BCUT2D eigenvalue weighted by Crippen LogP contribution is 2.60. The van der Waals surface area contributed by atoms with Crippen LogP contribution >= 0.6 is 0 Å². The van der Waals surface area contributed by atoms with E-state index < -0.39 is 0 Å². The van der Waals surface area contributed by atoms with Crippen LogP contribution < -0.4 is 0 Å². The van der Waals surface area contributed by atoms with Gasteiger partial charge in [0.05, 0.1) is 0 Å². The molecule has 0 spiro atoms. The SMILES string of the molecule is Cc1c(-c2cc(C3(C)CCCC3(C)C)c(O)c(O)c2C)cc(C2(C)CCCC2(C)C)c(O)c1O. The standard InChI is InChI=1S/C30H42O4/c1-17-19(15-21(25(33)23(17)31)29(7)13-9-11-27(29,3)4)20-16-22(26(34)24(32)18(20)2)30(8)14-10-12-28(30,5)6/h15-16,31-34H,9-14H2,1-8H3. The third-order valence-corrected chi connectivity index (χ3v) is 10.5. The molecular weight excluding hydrogens is 424 g/mol. The van der Waals surface area contributed by atoms with E-state index in [-0.39, 0.29) is 44.7 Å². The minimum absolute atomic E-state index is 0.0257. The van der Waals surface area contributed by atoms with Crippen molar-refractivity contribution >= 4 is 0 Å². The van der Waals surface area contributed by atoms with Crippen LogP contribution in [0.1, 0.15) is 102 Å². The Bertz CT molecular complexity index is 1070. The third-order valence-electron chi connectivity index (χ3n) is 10.5. The van der Waals surface area contributed by atoms with E-state index in [0.717, 1.165) is 60.8 Å². The van der Waals surface area contributed by atoms with Crippen molar-refractivity contribution in [1.29, 1.82) is 0 Å². The molecular formula is C30H42O4. The van der Waals surface area contributed by atoms with Crippen LogP contribution in [0.5, 0.6) is 23.0 Å². The zero-order valence-electron chi connectivity index (χ0n) is 22.2. The Balaban J connectivity index is 2.01. The molecule has 2 unspecified atom stereocenters. The van der Waals surface area contributed by atoms with Crippen LogP contribution in [0.25, 0.3) is 11.1 Å². The minimum Gasteiger partial charge on any atom is -0.504 e. The smallest absolute Gasteiger partial charge is 0.161 e. The van der Waals surface area contributed by atoms with Gasteiger partial charge >= 0.3 is 0 Å². The molecule has 2 fully saturated rings. The van der Waals surface area contributed by atoms with Crippen LogP contribution in [0.15, 0.2) is 12.1 Å². The molecule has 4 nitrogen and oxygen atoms in total. The largest absolute Gasteiger partial charge is 0.504 e. The molecule has 186 valence electrons. The number of rotatable bonds is 3. The molecule has 4 heteroatoms. The van der Waals surface area contributed by atoms with Gasteiger partial charge in [-0.05, 0) is 73.6 Å². The summed E-state index contributed by atoms with van der Waals surface area (Å²) in [6, 6.07) is 4.03. The van der Waals surface area contributed by atoms with Gasteiger partial charge in [0.1, 0.15) is 0 Å². The maximum atomic E-state index is 11.1. The van der Waals surface area contributed by atoms with Crippen molar-refractivity contribution in [3.05, 3.63) is 34.4 Å². The molecule has 34 heavy (non-hydrogen) atoms. The fourth-order valence-corrected chi connectivity index (χ4v) is 6.90. The van der Waals surface area contributed by atoms with Crippen LogP contribution in [0, 0.1) is 24.7 Å². The summed E-state index contributed by atoms with van der Waals surface area (Å²) in [6.45, 7) is 16.9. The Hall–Kier alpha value is -2.36. The Morgan fingerprint density at radius 1 is 0.529 bits per heavy atom. The highest BCUT2D eigenvalue weighted by atomic mass is 16.3. The second-order valence-electron chi connectivity index (χ2n) is 12.7. The van der Waals surface area contributed by atoms with Crippen molar-refractivity contribution in [2.45, 2.75) is 105 Å². The van der Waals surface area contributed by atoms with Crippen LogP contribution in [0.3, 0.4) is 0 Å². The summed E-state index contributed by atoms with van der Waals surface area (Å²) in [7, 11) is 0. The first-order valence-electron chi connectivity index (χ1n) is 12.7. The molecule has 0 amide bonds. The number of phenolic OH excluding ortho intramolecular Hbond substituents is 4. The van der Waals surface area contributed by atoms with E-state index in [1.165, 1.54) is 0 Å². The lowest BCUT2D eigenvalue weighted by Crippen LogP contribution is -2.34. The third kappa shape index (κ3) is 3.17. The van der Waals surface area contributed by atoms with E-state index in [1.807, 2.05) is 12.1 Å². The van der Waals surface area contributed by atoms with Crippen molar-refractivity contribution in [2.24, 2.45) is 10.8 Å². The second kappa shape index (κ2) is 7.57. The molecule has 2 aromatic rings. The molecule has 0 heterocycles. The van der Waals surface area contributed by atoms with Gasteiger partial charge in [0.15, 0.2) is 23.0 Å². The maximum absolute atomic E-state index is 11.1. The molecule has 4 N–H and O–H groups in total. The molecule has 2 aliphatic carbocycles. The monoisotopic (exact) mass is 466 g/mol. The molecule has 0 saturated heterocycles. The van der Waals surface area contributed by atoms with Gasteiger partial charge in [-0.1, -0.05) is 54.4 Å². The molecule has 0 aliphatic heterocycles. The fourth-order valence-electron chi connectivity index (χ4n) is 6.90. The highest BCUT2D eigenvalue weighted by Gasteiger charge is 2.49. The number of hydrogen-bond acceptors (Lipinski definition) is 4. The van der Waals surface area contributed by atoms with E-state index in [9.17, 15) is 20.4 Å². The van der Waals surface area contributed by atoms with Gasteiger partial charge in [-0.3, -0.25) is 0 Å². The van der Waals surface area contributed by atoms with Crippen LogP contribution in [0.2, 0.25) is 0 Å². The number of hydrogen-bond donors (Lipinski definition) is 4. The fraction of sp³-hybridized carbons (Fsp3) is 0.600. The van der Waals surface area contributed by atoms with E-state index in [4.69, 9.17) is 0 Å². The maximum Gasteiger partial charge on any atom is 0.161 e. The Morgan fingerprint density at radius 2 is 0.853 bits per heavy atom. The van der Waals surface area contributed by atoms with Gasteiger partial charge in [-0.25, -0.2) is 0 Å². The topological polar surface area (TPSA) is 80.9 Å². The van der Waals surface area contributed by atoms with Crippen LogP contribution in [-0.4, -0.2) is 20.4 Å². The molecule has 2 aromatic carbocycles. The second-order valence-corrected chi connectivity index (χ2v) is 12.7. The van der Waals surface area contributed by atoms with Gasteiger partial charge < -0.3 is 20.4 Å². The van der Waals surface area contributed by atoms with Crippen molar-refractivity contribution in [2.75, 3.05) is 0 Å². The highest BCUT2D eigenvalue weighted by molar-refractivity contribution is 5.80. The van der Waals surface area contributed by atoms with Crippen molar-refractivity contribution < 1.29 is 20.4 Å². The zero-order valence-corrected chi connectivity index (χ0v) is 22.2. The Kier molecular flexibility index (Phi) is 5.51. The van der Waals surface area contributed by atoms with Gasteiger partial charge in [0.25, 0.3) is 0 Å². The first kappa shape index (κ1) is 24.8. The number of phenols is 4. The van der Waals surface area contributed by atoms with Gasteiger partial charge in [0, 0.05) is 33.1 Å². The Morgan fingerprint density at radius 3 is 1.12 bits per heavy atom.